The molecule has 2 N–H and O–H groups in total. The number of aliphatic carboxylic acids is 1. The zero-order chi connectivity index (χ0) is 17.0. The molecular weight excluding hydrogens is 366 g/mol. The number of carboxylic acids is 1. The average Bonchev–Trinajstić information content (AvgIpc) is 2.90. The van der Waals surface area contributed by atoms with Crippen LogP contribution in [0.3, 0.4) is 0 Å². The monoisotopic (exact) mass is 381 g/mol. The van der Waals surface area contributed by atoms with Crippen molar-refractivity contribution in [1.29, 1.82) is 0 Å². The van der Waals surface area contributed by atoms with Gasteiger partial charge < -0.3 is 15.2 Å². The Bertz CT molecular complexity index is 712. The molecule has 1 amide bonds. The molecule has 1 heterocycles. The minimum atomic E-state index is -1.13. The summed E-state index contributed by atoms with van der Waals surface area (Å²) in [6.45, 7) is 1.66. The molecular formula is C15H16BrN3O4. The van der Waals surface area contributed by atoms with Gasteiger partial charge in [-0.3, -0.25) is 4.79 Å². The fraction of sp³-hybridized carbons (Fsp3) is 0.267. The number of carbonyl (C=O) groups is 2. The second kappa shape index (κ2) is 7.38. The summed E-state index contributed by atoms with van der Waals surface area (Å²) < 4.78 is 7.37. The Morgan fingerprint density at radius 1 is 1.39 bits per heavy atom. The Labute approximate surface area is 141 Å². The van der Waals surface area contributed by atoms with Gasteiger partial charge in [-0.1, -0.05) is 15.9 Å². The molecule has 1 unspecified atom stereocenters. The number of carbonyl (C=O) groups excluding carboxylic acids is 1. The molecule has 0 radical (unpaired) electrons. The third-order valence-electron chi connectivity index (χ3n) is 3.33. The van der Waals surface area contributed by atoms with E-state index < -0.39 is 18.0 Å². The van der Waals surface area contributed by atoms with Crippen LogP contribution in [0.15, 0.2) is 34.9 Å². The van der Waals surface area contributed by atoms with Crippen LogP contribution in [0.2, 0.25) is 0 Å². The number of rotatable bonds is 6. The minimum Gasteiger partial charge on any atom is -0.479 e. The number of nitrogens with zero attached hydrogens (tertiary/aromatic N) is 2. The highest BCUT2D eigenvalue weighted by Crippen LogP contribution is 2.17. The number of amides is 1. The highest BCUT2D eigenvalue weighted by molar-refractivity contribution is 9.10. The number of carboxylic acid groups (broad SMARTS) is 1. The van der Waals surface area contributed by atoms with Crippen LogP contribution in [-0.4, -0.2) is 46.5 Å². The maximum Gasteiger partial charge on any atom is 0.334 e. The van der Waals surface area contributed by atoms with Crippen LogP contribution in [0, 0.1) is 6.92 Å². The molecule has 23 heavy (non-hydrogen) atoms. The van der Waals surface area contributed by atoms with Crippen molar-refractivity contribution in [2.45, 2.75) is 13.0 Å². The maximum absolute atomic E-state index is 12.2. The molecule has 2 aromatic rings. The van der Waals surface area contributed by atoms with Crippen molar-refractivity contribution in [2.75, 3.05) is 13.7 Å². The molecule has 1 aromatic carbocycles. The van der Waals surface area contributed by atoms with E-state index in [1.807, 2.05) is 24.3 Å². The Kier molecular flexibility index (Phi) is 5.51. The smallest absolute Gasteiger partial charge is 0.334 e. The van der Waals surface area contributed by atoms with E-state index in [0.717, 1.165) is 10.2 Å². The lowest BCUT2D eigenvalue weighted by Crippen LogP contribution is -2.37. The van der Waals surface area contributed by atoms with Crippen LogP contribution in [0.1, 0.15) is 16.1 Å². The van der Waals surface area contributed by atoms with Gasteiger partial charge in [0.25, 0.3) is 5.91 Å². The normalized spacial score (nSPS) is 12.0. The molecule has 0 aliphatic carbocycles. The van der Waals surface area contributed by atoms with Crippen molar-refractivity contribution >= 4 is 27.8 Å². The summed E-state index contributed by atoms with van der Waals surface area (Å²) in [5.74, 6) is -1.52. The van der Waals surface area contributed by atoms with E-state index in [-0.39, 0.29) is 6.54 Å². The summed E-state index contributed by atoms with van der Waals surface area (Å²) >= 11 is 3.36. The summed E-state index contributed by atoms with van der Waals surface area (Å²) in [5, 5.41) is 15.6. The molecule has 122 valence electrons. The van der Waals surface area contributed by atoms with Crippen LogP contribution < -0.4 is 5.32 Å². The maximum atomic E-state index is 12.2. The van der Waals surface area contributed by atoms with Gasteiger partial charge in [-0.15, -0.1) is 0 Å². The molecule has 1 aromatic heterocycles. The number of methoxy groups -OCH3 is 1. The largest absolute Gasteiger partial charge is 0.479 e. The van der Waals surface area contributed by atoms with Gasteiger partial charge in [-0.2, -0.15) is 5.10 Å². The third kappa shape index (κ3) is 3.96. The molecule has 0 aliphatic rings. The van der Waals surface area contributed by atoms with Crippen LogP contribution in [0.4, 0.5) is 0 Å². The van der Waals surface area contributed by atoms with E-state index in [1.165, 1.54) is 13.3 Å². The number of halogens is 1. The highest BCUT2D eigenvalue weighted by atomic mass is 79.9. The van der Waals surface area contributed by atoms with Gasteiger partial charge in [-0.25, -0.2) is 9.48 Å². The molecule has 8 heteroatoms. The average molecular weight is 382 g/mol. The summed E-state index contributed by atoms with van der Waals surface area (Å²) in [7, 11) is 1.28. The topological polar surface area (TPSA) is 93.5 Å². The Hall–Kier alpha value is -2.19. The first-order valence-corrected chi connectivity index (χ1v) is 7.57. The van der Waals surface area contributed by atoms with Crippen molar-refractivity contribution in [2.24, 2.45) is 0 Å². The second-order valence-corrected chi connectivity index (χ2v) is 5.72. The first-order chi connectivity index (χ1) is 10.9. The Balaban J connectivity index is 2.13. The van der Waals surface area contributed by atoms with Crippen LogP contribution >= 0.6 is 15.9 Å². The quantitative estimate of drug-likeness (QED) is 0.795. The van der Waals surface area contributed by atoms with Gasteiger partial charge >= 0.3 is 5.97 Å². The predicted molar refractivity (Wildman–Crippen MR) is 86.8 cm³/mol. The Morgan fingerprint density at radius 2 is 2.04 bits per heavy atom. The van der Waals surface area contributed by atoms with Gasteiger partial charge in [-0.05, 0) is 31.2 Å². The predicted octanol–water partition coefficient (Wildman–Crippen LogP) is 1.77. The standard InChI is InChI=1S/C15H16BrN3O4/c1-9-12(14(20)17-8-13(23-2)15(21)22)7-18-19(9)11-5-3-10(16)4-6-11/h3-7,13H,8H2,1-2H3,(H,17,20)(H,21,22). The SMILES string of the molecule is COC(CNC(=O)c1cnn(-c2ccc(Br)cc2)c1C)C(=O)O. The molecule has 0 fully saturated rings. The third-order valence-corrected chi connectivity index (χ3v) is 3.86. The van der Waals surface area contributed by atoms with Gasteiger partial charge in [0.2, 0.25) is 0 Å². The van der Waals surface area contributed by atoms with Crippen molar-refractivity contribution < 1.29 is 19.4 Å². The number of ether oxygens (including phenoxy) is 1. The van der Waals surface area contributed by atoms with Crippen molar-refractivity contribution in [3.05, 3.63) is 46.2 Å². The molecule has 0 aliphatic heterocycles. The fourth-order valence-corrected chi connectivity index (χ4v) is 2.29. The number of nitrogens with one attached hydrogen (secondary N) is 1. The fourth-order valence-electron chi connectivity index (χ4n) is 2.03. The van der Waals surface area contributed by atoms with Gasteiger partial charge in [0.15, 0.2) is 6.10 Å². The molecule has 0 saturated carbocycles. The summed E-state index contributed by atoms with van der Waals surface area (Å²) in [6.07, 6.45) is 0.371. The number of aromatic nitrogens is 2. The van der Waals surface area contributed by atoms with E-state index in [2.05, 4.69) is 26.3 Å². The number of hydrogen-bond donors (Lipinski definition) is 2. The Morgan fingerprint density at radius 3 is 2.61 bits per heavy atom. The highest BCUT2D eigenvalue weighted by Gasteiger charge is 2.20. The summed E-state index contributed by atoms with van der Waals surface area (Å²) in [4.78, 5) is 23.1. The van der Waals surface area contributed by atoms with E-state index in [0.29, 0.717) is 11.3 Å². The molecule has 7 nitrogen and oxygen atoms in total. The molecule has 1 atom stereocenters. The molecule has 0 saturated heterocycles. The van der Waals surface area contributed by atoms with Crippen molar-refractivity contribution in [3.8, 4) is 5.69 Å². The van der Waals surface area contributed by atoms with Gasteiger partial charge in [0.05, 0.1) is 29.7 Å². The van der Waals surface area contributed by atoms with E-state index in [1.54, 1.807) is 11.6 Å². The van der Waals surface area contributed by atoms with Crippen LogP contribution in [0.25, 0.3) is 5.69 Å². The molecule has 0 bridgehead atoms. The first kappa shape index (κ1) is 17.2. The first-order valence-electron chi connectivity index (χ1n) is 6.78. The zero-order valence-corrected chi connectivity index (χ0v) is 14.2. The lowest BCUT2D eigenvalue weighted by atomic mass is 10.2. The lowest BCUT2D eigenvalue weighted by molar-refractivity contribution is -0.148. The van der Waals surface area contributed by atoms with E-state index in [9.17, 15) is 9.59 Å². The van der Waals surface area contributed by atoms with Gasteiger partial charge in [0, 0.05) is 11.6 Å². The van der Waals surface area contributed by atoms with Crippen molar-refractivity contribution in [3.63, 3.8) is 0 Å². The number of hydrogen-bond acceptors (Lipinski definition) is 4. The van der Waals surface area contributed by atoms with Crippen LogP contribution in [0.5, 0.6) is 0 Å². The number of benzene rings is 1. The van der Waals surface area contributed by atoms with Crippen molar-refractivity contribution in [1.82, 2.24) is 15.1 Å². The lowest BCUT2D eigenvalue weighted by Gasteiger charge is -2.11. The molecule has 0 spiro atoms. The minimum absolute atomic E-state index is 0.117. The second-order valence-electron chi connectivity index (χ2n) is 4.80. The van der Waals surface area contributed by atoms with E-state index in [4.69, 9.17) is 9.84 Å². The zero-order valence-electron chi connectivity index (χ0n) is 12.6. The summed E-state index contributed by atoms with van der Waals surface area (Å²) in [5.41, 5.74) is 1.87. The van der Waals surface area contributed by atoms with E-state index >= 15 is 0 Å². The van der Waals surface area contributed by atoms with Crippen LogP contribution in [-0.2, 0) is 9.53 Å². The van der Waals surface area contributed by atoms with Gasteiger partial charge in [0.1, 0.15) is 0 Å². The summed E-state index contributed by atoms with van der Waals surface area (Å²) in [6, 6.07) is 7.51. The molecule has 2 rings (SSSR count).